The van der Waals surface area contributed by atoms with Crippen LogP contribution in [-0.2, 0) is 14.1 Å². The minimum Gasteiger partial charge on any atom is -0.505 e. The van der Waals surface area contributed by atoms with E-state index in [-0.39, 0.29) is 40.3 Å². The molecule has 170 valence electrons. The first-order chi connectivity index (χ1) is 15.2. The maximum atomic E-state index is 13.1. The predicted molar refractivity (Wildman–Crippen MR) is 127 cm³/mol. The van der Waals surface area contributed by atoms with Gasteiger partial charge in [0.05, 0.1) is 17.3 Å². The third-order valence-electron chi connectivity index (χ3n) is 5.26. The highest BCUT2D eigenvalue weighted by Crippen LogP contribution is 2.33. The highest BCUT2D eigenvalue weighted by atomic mass is 32.1. The van der Waals surface area contributed by atoms with Crippen molar-refractivity contribution in [1.29, 1.82) is 0 Å². The molecule has 0 aliphatic heterocycles. The molecule has 2 heterocycles. The zero-order valence-electron chi connectivity index (χ0n) is 18.7. The second-order valence-corrected chi connectivity index (χ2v) is 8.53. The van der Waals surface area contributed by atoms with Crippen molar-refractivity contribution in [3.8, 4) is 5.75 Å². The number of hydrogen-bond donors (Lipinski definition) is 3. The first kappa shape index (κ1) is 23.1. The molecule has 3 rings (SSSR count). The topological polar surface area (TPSA) is 109 Å². The average Bonchev–Trinajstić information content (AvgIpc) is 3.31. The number of carbonyl (C=O) groups is 1. The minimum atomic E-state index is -0.459. The molecule has 1 aromatic carbocycles. The van der Waals surface area contributed by atoms with Crippen LogP contribution in [0.3, 0.4) is 0 Å². The minimum absolute atomic E-state index is 0.00430. The summed E-state index contributed by atoms with van der Waals surface area (Å²) in [4.78, 5) is 41.0. The Hall–Kier alpha value is -3.53. The van der Waals surface area contributed by atoms with Gasteiger partial charge in [-0.15, -0.1) is 11.3 Å². The first-order valence-corrected chi connectivity index (χ1v) is 11.0. The molecule has 1 unspecified atom stereocenters. The van der Waals surface area contributed by atoms with Crippen molar-refractivity contribution >= 4 is 34.3 Å². The van der Waals surface area contributed by atoms with Crippen LogP contribution in [0.25, 0.3) is 0 Å². The Bertz CT molecular complexity index is 1240. The first-order valence-electron chi connectivity index (χ1n) is 10.1. The smallest absolute Gasteiger partial charge is 0.290 e. The van der Waals surface area contributed by atoms with Crippen molar-refractivity contribution in [2.45, 2.75) is 19.4 Å². The van der Waals surface area contributed by atoms with Crippen LogP contribution in [0.4, 0.5) is 17.1 Å². The molecule has 0 bridgehead atoms. The molecule has 1 amide bonds. The number of nitrogens with zero attached hydrogens (tertiary/aromatic N) is 3. The fraction of sp³-hybridized carbons (Fsp3) is 0.318. The summed E-state index contributed by atoms with van der Waals surface area (Å²) in [5, 5.41) is 18.8. The number of rotatable bonds is 7. The highest BCUT2D eigenvalue weighted by Gasteiger charge is 2.22. The fourth-order valence-corrected chi connectivity index (χ4v) is 4.15. The Balaban J connectivity index is 2.13. The Morgan fingerprint density at radius 3 is 2.31 bits per heavy atom. The van der Waals surface area contributed by atoms with Gasteiger partial charge in [-0.3, -0.25) is 14.4 Å². The number of hydrogen-bond acceptors (Lipinski definition) is 7. The third kappa shape index (κ3) is 4.26. The number of benzene rings is 1. The highest BCUT2D eigenvalue weighted by molar-refractivity contribution is 7.10. The van der Waals surface area contributed by atoms with Crippen molar-refractivity contribution in [1.82, 2.24) is 14.3 Å². The summed E-state index contributed by atoms with van der Waals surface area (Å²) < 4.78 is 2.41. The SMILES string of the molecule is CCC(Nc1c(Nc2cccc(C(=O)N(C)C)c2O)c(=O)n(C)n(C)c1=O)c1cccs1. The molecular formula is C22H27N5O4S. The molecule has 3 N–H and O–H groups in total. The molecule has 1 atom stereocenters. The Morgan fingerprint density at radius 2 is 1.75 bits per heavy atom. The van der Waals surface area contributed by atoms with E-state index in [1.54, 1.807) is 37.6 Å². The Kier molecular flexibility index (Phi) is 6.73. The van der Waals surface area contributed by atoms with E-state index in [1.165, 1.54) is 34.4 Å². The van der Waals surface area contributed by atoms with Crippen LogP contribution in [-0.4, -0.2) is 39.4 Å². The van der Waals surface area contributed by atoms with E-state index in [1.807, 2.05) is 24.4 Å². The zero-order valence-corrected chi connectivity index (χ0v) is 19.5. The molecule has 9 nitrogen and oxygen atoms in total. The molecule has 2 aromatic heterocycles. The van der Waals surface area contributed by atoms with Crippen molar-refractivity contribution in [3.05, 3.63) is 66.9 Å². The lowest BCUT2D eigenvalue weighted by Gasteiger charge is -2.22. The summed E-state index contributed by atoms with van der Waals surface area (Å²) in [5.74, 6) is -0.685. The lowest BCUT2D eigenvalue weighted by Crippen LogP contribution is -2.38. The van der Waals surface area contributed by atoms with Gasteiger partial charge in [0.1, 0.15) is 11.4 Å². The average molecular weight is 458 g/mol. The van der Waals surface area contributed by atoms with Crippen molar-refractivity contribution in [2.24, 2.45) is 14.1 Å². The lowest BCUT2D eigenvalue weighted by molar-refractivity contribution is 0.0824. The van der Waals surface area contributed by atoms with Crippen LogP contribution in [0.1, 0.15) is 34.6 Å². The number of amides is 1. The number of nitrogens with one attached hydrogen (secondary N) is 2. The number of thiophene rings is 1. The molecule has 32 heavy (non-hydrogen) atoms. The lowest BCUT2D eigenvalue weighted by atomic mass is 10.1. The molecule has 0 saturated heterocycles. The van der Waals surface area contributed by atoms with Gasteiger partial charge in [0.15, 0.2) is 5.75 Å². The third-order valence-corrected chi connectivity index (χ3v) is 6.25. The van der Waals surface area contributed by atoms with Crippen LogP contribution in [0.2, 0.25) is 0 Å². The van der Waals surface area contributed by atoms with Gasteiger partial charge in [0.2, 0.25) is 0 Å². The van der Waals surface area contributed by atoms with Gasteiger partial charge in [-0.25, -0.2) is 9.36 Å². The van der Waals surface area contributed by atoms with Crippen molar-refractivity contribution < 1.29 is 9.90 Å². The number of aromatic nitrogens is 2. The summed E-state index contributed by atoms with van der Waals surface area (Å²) in [6.45, 7) is 1.98. The summed E-state index contributed by atoms with van der Waals surface area (Å²) in [6.07, 6.45) is 0.691. The van der Waals surface area contributed by atoms with Gasteiger partial charge in [-0.05, 0) is 30.0 Å². The van der Waals surface area contributed by atoms with E-state index >= 15 is 0 Å². The number of phenolic OH excluding ortho intramolecular Hbond substituents is 1. The number of para-hydroxylation sites is 1. The van der Waals surface area contributed by atoms with Crippen LogP contribution in [0.5, 0.6) is 5.75 Å². The molecule has 0 aliphatic rings. The second kappa shape index (κ2) is 9.31. The summed E-state index contributed by atoms with van der Waals surface area (Å²) in [5.41, 5.74) is -0.533. The van der Waals surface area contributed by atoms with E-state index in [4.69, 9.17) is 0 Å². The molecule has 0 fully saturated rings. The largest absolute Gasteiger partial charge is 0.505 e. The van der Waals surface area contributed by atoms with Gasteiger partial charge >= 0.3 is 0 Å². The Morgan fingerprint density at radius 1 is 1.09 bits per heavy atom. The monoisotopic (exact) mass is 457 g/mol. The van der Waals surface area contributed by atoms with Crippen LogP contribution < -0.4 is 21.8 Å². The number of carbonyl (C=O) groups excluding carboxylic acids is 1. The van der Waals surface area contributed by atoms with E-state index < -0.39 is 11.1 Å². The molecule has 0 radical (unpaired) electrons. The van der Waals surface area contributed by atoms with E-state index in [0.29, 0.717) is 6.42 Å². The second-order valence-electron chi connectivity index (χ2n) is 7.55. The van der Waals surface area contributed by atoms with E-state index in [0.717, 1.165) is 4.88 Å². The van der Waals surface area contributed by atoms with Gasteiger partial charge in [0, 0.05) is 33.1 Å². The maximum absolute atomic E-state index is 13.1. The molecule has 10 heteroatoms. The summed E-state index contributed by atoms with van der Waals surface area (Å²) in [7, 11) is 6.16. The molecular weight excluding hydrogens is 430 g/mol. The number of anilines is 3. The van der Waals surface area contributed by atoms with Gasteiger partial charge in [-0.2, -0.15) is 0 Å². The quantitative estimate of drug-likeness (QED) is 0.471. The van der Waals surface area contributed by atoms with E-state index in [9.17, 15) is 19.5 Å². The van der Waals surface area contributed by atoms with E-state index in [2.05, 4.69) is 10.6 Å². The zero-order chi connectivity index (χ0) is 23.6. The van der Waals surface area contributed by atoms with Crippen LogP contribution in [0.15, 0.2) is 45.3 Å². The standard InChI is InChI=1S/C22H27N5O4S/c1-6-14(16-11-8-12-32-16)23-17-18(22(31)27(5)26(4)21(17)30)24-15-10-7-9-13(19(15)28)20(29)25(2)3/h7-12,14,23-24,28H,6H2,1-5H3. The number of phenols is 1. The summed E-state index contributed by atoms with van der Waals surface area (Å²) >= 11 is 1.56. The molecule has 0 spiro atoms. The van der Waals surface area contributed by atoms with Crippen molar-refractivity contribution in [2.75, 3.05) is 24.7 Å². The maximum Gasteiger partial charge on any atom is 0.290 e. The van der Waals surface area contributed by atoms with Gasteiger partial charge < -0.3 is 20.6 Å². The van der Waals surface area contributed by atoms with Crippen LogP contribution >= 0.6 is 11.3 Å². The fourth-order valence-electron chi connectivity index (χ4n) is 3.29. The molecule has 0 aliphatic carbocycles. The van der Waals surface area contributed by atoms with Crippen LogP contribution in [0, 0.1) is 0 Å². The normalized spacial score (nSPS) is 11.8. The predicted octanol–water partition coefficient (Wildman–Crippen LogP) is 2.86. The summed E-state index contributed by atoms with van der Waals surface area (Å²) in [6, 6.07) is 8.35. The van der Waals surface area contributed by atoms with Gasteiger partial charge in [0.25, 0.3) is 17.0 Å². The molecule has 0 saturated carbocycles. The van der Waals surface area contributed by atoms with Crippen molar-refractivity contribution in [3.63, 3.8) is 0 Å². The van der Waals surface area contributed by atoms with Gasteiger partial charge in [-0.1, -0.05) is 19.1 Å². The Labute approximate surface area is 189 Å². The molecule has 3 aromatic rings. The number of aromatic hydroxyl groups is 1.